The molecule has 40 heavy (non-hydrogen) atoms. The van der Waals surface area contributed by atoms with Crippen LogP contribution in [0.25, 0.3) is 0 Å². The number of rotatable bonds is 7. The van der Waals surface area contributed by atoms with Gasteiger partial charge in [-0.2, -0.15) is 0 Å². The molecule has 2 aromatic carbocycles. The van der Waals surface area contributed by atoms with Crippen molar-refractivity contribution in [3.8, 4) is 5.75 Å². The van der Waals surface area contributed by atoms with Crippen molar-refractivity contribution in [2.75, 3.05) is 62.8 Å². The molecule has 0 saturated carbocycles. The molecule has 2 heterocycles. The van der Waals surface area contributed by atoms with Crippen LogP contribution in [0, 0.1) is 11.6 Å². The fraction of sp³-hybridized carbons (Fsp3) is 0.360. The lowest BCUT2D eigenvalue weighted by Crippen LogP contribution is -2.41. The zero-order valence-electron chi connectivity index (χ0n) is 21.4. The number of carbonyl (C=O) groups is 3. The molecule has 2 fully saturated rings. The van der Waals surface area contributed by atoms with E-state index in [9.17, 15) is 19.5 Å². The number of aromatic hydroxyl groups is 1. The molecule has 0 bridgehead atoms. The highest BCUT2D eigenvalue weighted by atomic mass is 32.1. The highest BCUT2D eigenvalue weighted by Crippen LogP contribution is 2.31. The molecule has 15 heteroatoms. The van der Waals surface area contributed by atoms with E-state index in [-0.39, 0.29) is 67.2 Å². The van der Waals surface area contributed by atoms with Gasteiger partial charge in [0.2, 0.25) is 0 Å². The number of methoxy groups -OCH3 is 1. The Kier molecular flexibility index (Phi) is 9.16. The van der Waals surface area contributed by atoms with Gasteiger partial charge in [0.05, 0.1) is 51.1 Å². The molecule has 2 aliphatic rings. The molecule has 3 amide bonds. The molecule has 2 aliphatic heterocycles. The molecular weight excluding hydrogens is 552 g/mol. The van der Waals surface area contributed by atoms with Crippen LogP contribution in [-0.2, 0) is 19.1 Å². The number of anilines is 2. The van der Waals surface area contributed by atoms with E-state index in [4.69, 9.17) is 26.5 Å². The first-order valence-electron chi connectivity index (χ1n) is 12.2. The van der Waals surface area contributed by atoms with Gasteiger partial charge in [-0.1, -0.05) is 12.1 Å². The van der Waals surface area contributed by atoms with E-state index < -0.39 is 42.2 Å². The lowest BCUT2D eigenvalue weighted by atomic mass is 10.2. The SMILES string of the molecule is COC(=S)NC[C@H]1CN(c2cc(F)c(N3CCON(C(=O)CNC(=O)c4ccccc4O)CC3)c(F)c2)C(=O)O1. The van der Waals surface area contributed by atoms with Gasteiger partial charge < -0.3 is 30.1 Å². The van der Waals surface area contributed by atoms with E-state index in [0.717, 1.165) is 22.1 Å². The Hall–Kier alpha value is -4.24. The van der Waals surface area contributed by atoms with E-state index in [0.29, 0.717) is 0 Å². The molecule has 12 nitrogen and oxygen atoms in total. The predicted octanol–water partition coefficient (Wildman–Crippen LogP) is 1.53. The van der Waals surface area contributed by atoms with E-state index in [1.165, 1.54) is 24.1 Å². The van der Waals surface area contributed by atoms with E-state index in [1.807, 2.05) is 0 Å². The van der Waals surface area contributed by atoms with Crippen LogP contribution in [0.3, 0.4) is 0 Å². The third-order valence-corrected chi connectivity index (χ3v) is 6.48. The number of benzene rings is 2. The Morgan fingerprint density at radius 1 is 1.15 bits per heavy atom. The van der Waals surface area contributed by atoms with Gasteiger partial charge >= 0.3 is 6.09 Å². The molecule has 0 unspecified atom stereocenters. The molecule has 0 radical (unpaired) electrons. The molecule has 2 aromatic rings. The quantitative estimate of drug-likeness (QED) is 0.415. The second-order valence-electron chi connectivity index (χ2n) is 8.76. The van der Waals surface area contributed by atoms with Crippen LogP contribution in [0.5, 0.6) is 5.75 Å². The Balaban J connectivity index is 1.35. The summed E-state index contributed by atoms with van der Waals surface area (Å²) in [6.07, 6.45) is -1.37. The molecule has 3 N–H and O–H groups in total. The molecule has 214 valence electrons. The standard InChI is InChI=1S/C25H27F2N5O7S/c1-37-24(40)29-12-16-14-31(25(36)39-16)15-10-18(26)22(19(27)11-15)30-6-7-32(38-9-8-30)21(34)13-28-23(35)17-4-2-3-5-20(17)33/h2-5,10-11,16,33H,6-9,12-14H2,1H3,(H,28,35)(H,29,40)/t16-/m0/s1. The van der Waals surface area contributed by atoms with Crippen LogP contribution in [0.2, 0.25) is 0 Å². The number of nitrogens with zero attached hydrogens (tertiary/aromatic N) is 3. The van der Waals surface area contributed by atoms with Gasteiger partial charge in [-0.05, 0) is 24.4 Å². The molecule has 0 spiro atoms. The van der Waals surface area contributed by atoms with Crippen molar-refractivity contribution in [2.24, 2.45) is 0 Å². The van der Waals surface area contributed by atoms with E-state index in [1.54, 1.807) is 12.1 Å². The maximum absolute atomic E-state index is 15.2. The van der Waals surface area contributed by atoms with Crippen LogP contribution in [0.1, 0.15) is 10.4 Å². The first-order valence-corrected chi connectivity index (χ1v) is 12.6. The van der Waals surface area contributed by atoms with Gasteiger partial charge in [-0.25, -0.2) is 18.6 Å². The fourth-order valence-corrected chi connectivity index (χ4v) is 4.28. The minimum atomic E-state index is -0.903. The molecule has 0 aliphatic carbocycles. The van der Waals surface area contributed by atoms with Crippen LogP contribution >= 0.6 is 12.2 Å². The Labute approximate surface area is 233 Å². The summed E-state index contributed by atoms with van der Waals surface area (Å²) in [7, 11) is 1.39. The fourth-order valence-electron chi connectivity index (χ4n) is 4.19. The van der Waals surface area contributed by atoms with Gasteiger partial charge in [0.25, 0.3) is 17.0 Å². The zero-order valence-corrected chi connectivity index (χ0v) is 22.2. The summed E-state index contributed by atoms with van der Waals surface area (Å²) in [5.41, 5.74) is -0.327. The number of thiocarbonyl (C=S) groups is 1. The number of phenolic OH excluding ortho intramolecular Hbond substituents is 1. The maximum atomic E-state index is 15.2. The number of nitrogens with one attached hydrogen (secondary N) is 2. The zero-order chi connectivity index (χ0) is 28.8. The van der Waals surface area contributed by atoms with Gasteiger partial charge in [0.15, 0.2) is 11.6 Å². The van der Waals surface area contributed by atoms with Gasteiger partial charge in [0, 0.05) is 25.2 Å². The lowest BCUT2D eigenvalue weighted by molar-refractivity contribution is -0.180. The summed E-state index contributed by atoms with van der Waals surface area (Å²) in [4.78, 5) is 45.1. The summed E-state index contributed by atoms with van der Waals surface area (Å²) in [5.74, 6) is -3.26. The number of hydrogen-bond acceptors (Lipinski definition) is 9. The maximum Gasteiger partial charge on any atom is 0.414 e. The molecular formula is C25H27F2N5O7S. The monoisotopic (exact) mass is 579 g/mol. The van der Waals surface area contributed by atoms with Crippen molar-refractivity contribution >= 4 is 46.7 Å². The summed E-state index contributed by atoms with van der Waals surface area (Å²) in [6, 6.07) is 7.96. The van der Waals surface area contributed by atoms with Crippen molar-refractivity contribution in [3.63, 3.8) is 0 Å². The highest BCUT2D eigenvalue weighted by Gasteiger charge is 2.34. The molecule has 1 atom stereocenters. The number of halogens is 2. The second kappa shape index (κ2) is 12.7. The number of ether oxygens (including phenoxy) is 2. The van der Waals surface area contributed by atoms with Crippen molar-refractivity contribution < 1.29 is 42.6 Å². The minimum absolute atomic E-state index is 0.0105. The third kappa shape index (κ3) is 6.66. The van der Waals surface area contributed by atoms with Gasteiger partial charge in [-0.15, -0.1) is 0 Å². The first kappa shape index (κ1) is 28.8. The summed E-state index contributed by atoms with van der Waals surface area (Å²) in [5, 5.41) is 16.1. The number of para-hydroxylation sites is 1. The number of carbonyl (C=O) groups excluding carboxylic acids is 3. The highest BCUT2D eigenvalue weighted by molar-refractivity contribution is 7.80. The Morgan fingerprint density at radius 2 is 1.88 bits per heavy atom. The van der Waals surface area contributed by atoms with Crippen LogP contribution in [0.4, 0.5) is 25.0 Å². The van der Waals surface area contributed by atoms with Gasteiger partial charge in [-0.3, -0.25) is 19.3 Å². The van der Waals surface area contributed by atoms with Crippen molar-refractivity contribution in [1.82, 2.24) is 15.7 Å². The number of hydrogen-bond donors (Lipinski definition) is 3. The average Bonchev–Trinajstić information content (AvgIpc) is 3.14. The largest absolute Gasteiger partial charge is 0.507 e. The number of hydroxylamine groups is 2. The van der Waals surface area contributed by atoms with Crippen LogP contribution in [-0.4, -0.2) is 92.3 Å². The minimum Gasteiger partial charge on any atom is -0.507 e. The van der Waals surface area contributed by atoms with Crippen LogP contribution < -0.4 is 20.4 Å². The van der Waals surface area contributed by atoms with E-state index >= 15 is 8.78 Å². The van der Waals surface area contributed by atoms with Crippen molar-refractivity contribution in [1.29, 1.82) is 0 Å². The number of phenols is 1. The first-order chi connectivity index (χ1) is 19.2. The van der Waals surface area contributed by atoms with Crippen LogP contribution in [0.15, 0.2) is 36.4 Å². The molecule has 0 aromatic heterocycles. The second-order valence-corrected chi connectivity index (χ2v) is 9.13. The summed E-state index contributed by atoms with van der Waals surface area (Å²) in [6.45, 7) is -0.195. The summed E-state index contributed by atoms with van der Waals surface area (Å²) >= 11 is 4.88. The Morgan fingerprint density at radius 3 is 2.58 bits per heavy atom. The third-order valence-electron chi connectivity index (χ3n) is 6.17. The average molecular weight is 580 g/mol. The Bertz CT molecular complexity index is 1280. The normalized spacial score (nSPS) is 17.2. The van der Waals surface area contributed by atoms with E-state index in [2.05, 4.69) is 10.6 Å². The number of amides is 3. The van der Waals surface area contributed by atoms with Crippen molar-refractivity contribution in [2.45, 2.75) is 6.10 Å². The topological polar surface area (TPSA) is 133 Å². The number of cyclic esters (lactones) is 1. The summed E-state index contributed by atoms with van der Waals surface area (Å²) < 4.78 is 40.4. The van der Waals surface area contributed by atoms with Gasteiger partial charge in [0.1, 0.15) is 17.5 Å². The van der Waals surface area contributed by atoms with Crippen molar-refractivity contribution in [3.05, 3.63) is 53.6 Å². The smallest absolute Gasteiger partial charge is 0.414 e. The molecule has 4 rings (SSSR count). The lowest BCUT2D eigenvalue weighted by Gasteiger charge is -2.24. The molecule has 2 saturated heterocycles. The predicted molar refractivity (Wildman–Crippen MR) is 142 cm³/mol.